The summed E-state index contributed by atoms with van der Waals surface area (Å²) in [6, 6.07) is 19.6. The second-order valence-electron chi connectivity index (χ2n) is 6.99. The Kier molecular flexibility index (Phi) is 6.34. The van der Waals surface area contributed by atoms with Crippen molar-refractivity contribution < 1.29 is 0 Å². The normalized spacial score (nSPS) is 17.8. The summed E-state index contributed by atoms with van der Waals surface area (Å²) in [4.78, 5) is 2.65. The summed E-state index contributed by atoms with van der Waals surface area (Å²) >= 11 is 6.10. The summed E-state index contributed by atoms with van der Waals surface area (Å²) in [6.45, 7) is 4.67. The molecular formula is C22H28ClN. The molecule has 1 fully saturated rings. The maximum atomic E-state index is 6.10. The smallest absolute Gasteiger partial charge is 0.0601 e. The standard InChI is InChI=1S/C22H28ClN/c1-2-3-7-18-14-16-24(17-15-18)22(19-8-5-4-6-9-19)20-10-12-21(23)13-11-20/h4-6,8-13,18,22H,2-3,7,14-17H2,1H3. The van der Waals surface area contributed by atoms with E-state index in [-0.39, 0.29) is 0 Å². The molecule has 1 saturated heterocycles. The Labute approximate surface area is 151 Å². The molecule has 0 aliphatic carbocycles. The van der Waals surface area contributed by atoms with Gasteiger partial charge < -0.3 is 0 Å². The minimum absolute atomic E-state index is 0.343. The van der Waals surface area contributed by atoms with E-state index in [1.807, 2.05) is 12.1 Å². The number of benzene rings is 2. The second kappa shape index (κ2) is 8.69. The molecule has 1 aliphatic rings. The summed E-state index contributed by atoms with van der Waals surface area (Å²) < 4.78 is 0. The maximum Gasteiger partial charge on any atom is 0.0601 e. The van der Waals surface area contributed by atoms with Crippen molar-refractivity contribution in [3.63, 3.8) is 0 Å². The minimum Gasteiger partial charge on any atom is -0.292 e. The highest BCUT2D eigenvalue weighted by atomic mass is 35.5. The highest BCUT2D eigenvalue weighted by Gasteiger charge is 2.27. The molecule has 0 radical (unpaired) electrons. The number of unbranched alkanes of at least 4 members (excludes halogenated alkanes) is 1. The molecule has 3 rings (SSSR count). The summed E-state index contributed by atoms with van der Waals surface area (Å²) in [7, 11) is 0. The molecule has 0 spiro atoms. The van der Waals surface area contributed by atoms with E-state index < -0.39 is 0 Å². The van der Waals surface area contributed by atoms with Crippen LogP contribution in [-0.4, -0.2) is 18.0 Å². The number of hydrogen-bond donors (Lipinski definition) is 0. The van der Waals surface area contributed by atoms with Gasteiger partial charge in [-0.2, -0.15) is 0 Å². The van der Waals surface area contributed by atoms with Crippen LogP contribution in [0.1, 0.15) is 56.2 Å². The Morgan fingerprint density at radius 2 is 1.58 bits per heavy atom. The van der Waals surface area contributed by atoms with Gasteiger partial charge in [0.15, 0.2) is 0 Å². The van der Waals surface area contributed by atoms with Crippen molar-refractivity contribution in [1.29, 1.82) is 0 Å². The van der Waals surface area contributed by atoms with Crippen LogP contribution in [0.3, 0.4) is 0 Å². The van der Waals surface area contributed by atoms with E-state index in [0.717, 1.165) is 10.9 Å². The Bertz CT molecular complexity index is 600. The van der Waals surface area contributed by atoms with Crippen molar-refractivity contribution in [1.82, 2.24) is 4.90 Å². The van der Waals surface area contributed by atoms with Crippen LogP contribution >= 0.6 is 11.6 Å². The van der Waals surface area contributed by atoms with Crippen molar-refractivity contribution >= 4 is 11.6 Å². The molecule has 0 bridgehead atoms. The molecule has 2 aromatic carbocycles. The number of hydrogen-bond acceptors (Lipinski definition) is 1. The molecule has 1 nitrogen and oxygen atoms in total. The van der Waals surface area contributed by atoms with Crippen LogP contribution in [0, 0.1) is 5.92 Å². The van der Waals surface area contributed by atoms with E-state index in [2.05, 4.69) is 54.3 Å². The van der Waals surface area contributed by atoms with Crippen LogP contribution in [0.25, 0.3) is 0 Å². The number of likely N-dealkylation sites (tertiary alicyclic amines) is 1. The molecule has 2 heteroatoms. The fraction of sp³-hybridized carbons (Fsp3) is 0.455. The molecule has 1 unspecified atom stereocenters. The monoisotopic (exact) mass is 341 g/mol. The first-order valence-electron chi connectivity index (χ1n) is 9.32. The molecule has 2 aromatic rings. The Hall–Kier alpha value is -1.31. The SMILES string of the molecule is CCCCC1CCN(C(c2ccccc2)c2ccc(Cl)cc2)CC1. The van der Waals surface area contributed by atoms with Crippen LogP contribution in [0.2, 0.25) is 5.02 Å². The summed E-state index contributed by atoms with van der Waals surface area (Å²) in [5.41, 5.74) is 2.73. The van der Waals surface area contributed by atoms with Gasteiger partial charge in [0.25, 0.3) is 0 Å². The van der Waals surface area contributed by atoms with E-state index in [4.69, 9.17) is 11.6 Å². The fourth-order valence-electron chi connectivity index (χ4n) is 3.89. The fourth-order valence-corrected chi connectivity index (χ4v) is 4.01. The zero-order chi connectivity index (χ0) is 16.8. The summed E-state index contributed by atoms with van der Waals surface area (Å²) in [5.74, 6) is 0.919. The zero-order valence-corrected chi connectivity index (χ0v) is 15.4. The van der Waals surface area contributed by atoms with Crippen LogP contribution in [0.15, 0.2) is 54.6 Å². The highest BCUT2D eigenvalue weighted by molar-refractivity contribution is 6.30. The number of piperidine rings is 1. The first-order valence-corrected chi connectivity index (χ1v) is 9.70. The van der Waals surface area contributed by atoms with E-state index in [0.29, 0.717) is 6.04 Å². The van der Waals surface area contributed by atoms with Crippen molar-refractivity contribution in [2.75, 3.05) is 13.1 Å². The van der Waals surface area contributed by atoms with Gasteiger partial charge in [-0.15, -0.1) is 0 Å². The molecule has 0 N–H and O–H groups in total. The van der Waals surface area contributed by atoms with Crippen molar-refractivity contribution in [3.8, 4) is 0 Å². The first kappa shape index (κ1) is 17.5. The molecule has 1 aliphatic heterocycles. The zero-order valence-electron chi connectivity index (χ0n) is 14.6. The minimum atomic E-state index is 0.343. The van der Waals surface area contributed by atoms with Gasteiger partial charge in [0.2, 0.25) is 0 Å². The van der Waals surface area contributed by atoms with Gasteiger partial charge in [0.1, 0.15) is 0 Å². The number of halogens is 1. The number of nitrogens with zero attached hydrogens (tertiary/aromatic N) is 1. The van der Waals surface area contributed by atoms with Crippen LogP contribution < -0.4 is 0 Å². The topological polar surface area (TPSA) is 3.24 Å². The molecule has 128 valence electrons. The molecule has 1 atom stereocenters. The van der Waals surface area contributed by atoms with Crippen molar-refractivity contribution in [3.05, 3.63) is 70.7 Å². The Morgan fingerprint density at radius 3 is 2.21 bits per heavy atom. The van der Waals surface area contributed by atoms with Gasteiger partial charge in [-0.05, 0) is 55.1 Å². The predicted octanol–water partition coefficient (Wildman–Crippen LogP) is 6.33. The van der Waals surface area contributed by atoms with E-state index in [1.165, 1.54) is 56.3 Å². The lowest BCUT2D eigenvalue weighted by atomic mass is 9.88. The van der Waals surface area contributed by atoms with Gasteiger partial charge in [0, 0.05) is 5.02 Å². The van der Waals surface area contributed by atoms with Crippen LogP contribution in [0.4, 0.5) is 0 Å². The first-order chi connectivity index (χ1) is 11.8. The van der Waals surface area contributed by atoms with Crippen molar-refractivity contribution in [2.24, 2.45) is 5.92 Å². The Balaban J connectivity index is 1.77. The van der Waals surface area contributed by atoms with Crippen molar-refractivity contribution in [2.45, 2.75) is 45.1 Å². The average Bonchev–Trinajstić information content (AvgIpc) is 2.64. The third-order valence-corrected chi connectivity index (χ3v) is 5.53. The van der Waals surface area contributed by atoms with Gasteiger partial charge in [-0.25, -0.2) is 0 Å². The molecule has 0 amide bonds. The molecule has 24 heavy (non-hydrogen) atoms. The largest absolute Gasteiger partial charge is 0.292 e. The lowest BCUT2D eigenvalue weighted by molar-refractivity contribution is 0.146. The van der Waals surface area contributed by atoms with E-state index in [9.17, 15) is 0 Å². The van der Waals surface area contributed by atoms with Gasteiger partial charge >= 0.3 is 0 Å². The quantitative estimate of drug-likeness (QED) is 0.593. The van der Waals surface area contributed by atoms with Gasteiger partial charge in [-0.1, -0.05) is 80.3 Å². The summed E-state index contributed by atoms with van der Waals surface area (Å²) in [6.07, 6.45) is 6.76. The van der Waals surface area contributed by atoms with E-state index >= 15 is 0 Å². The van der Waals surface area contributed by atoms with Crippen LogP contribution in [0.5, 0.6) is 0 Å². The molecular weight excluding hydrogens is 314 g/mol. The van der Waals surface area contributed by atoms with Gasteiger partial charge in [-0.3, -0.25) is 4.90 Å². The summed E-state index contributed by atoms with van der Waals surface area (Å²) in [5, 5.41) is 0.809. The molecule has 0 aromatic heterocycles. The van der Waals surface area contributed by atoms with Crippen LogP contribution in [-0.2, 0) is 0 Å². The van der Waals surface area contributed by atoms with Gasteiger partial charge in [0.05, 0.1) is 6.04 Å². The molecule has 1 heterocycles. The number of rotatable bonds is 6. The molecule has 0 saturated carbocycles. The average molecular weight is 342 g/mol. The lowest BCUT2D eigenvalue weighted by Gasteiger charge is -2.38. The highest BCUT2D eigenvalue weighted by Crippen LogP contribution is 2.34. The Morgan fingerprint density at radius 1 is 0.958 bits per heavy atom. The lowest BCUT2D eigenvalue weighted by Crippen LogP contribution is -2.37. The second-order valence-corrected chi connectivity index (χ2v) is 7.42. The maximum absolute atomic E-state index is 6.10. The predicted molar refractivity (Wildman–Crippen MR) is 104 cm³/mol. The van der Waals surface area contributed by atoms with E-state index in [1.54, 1.807) is 0 Å². The third kappa shape index (κ3) is 4.40. The third-order valence-electron chi connectivity index (χ3n) is 5.28.